The van der Waals surface area contributed by atoms with E-state index in [1.807, 2.05) is 82.3 Å². The van der Waals surface area contributed by atoms with Crippen LogP contribution in [0, 0.1) is 5.82 Å². The summed E-state index contributed by atoms with van der Waals surface area (Å²) in [5.41, 5.74) is 1.44. The number of para-hydroxylation sites is 1. The number of amides is 2. The largest absolute Gasteiger partial charge is 0.445 e. The van der Waals surface area contributed by atoms with Gasteiger partial charge in [-0.25, -0.2) is 9.18 Å². The average molecular weight is 566 g/mol. The SMILES string of the molecule is CC(C)(NC(=O)OCc1ccccc1)c1ccc(C(C)(C)NC(=O)c2cc3[nH]c4ccccc4c(=O)c3cc2F)cc1. The van der Waals surface area contributed by atoms with Gasteiger partial charge in [0.15, 0.2) is 5.43 Å². The van der Waals surface area contributed by atoms with Crippen molar-refractivity contribution in [2.75, 3.05) is 0 Å². The van der Waals surface area contributed by atoms with Gasteiger partial charge >= 0.3 is 6.09 Å². The first-order chi connectivity index (χ1) is 19.9. The van der Waals surface area contributed by atoms with Gasteiger partial charge in [-0.3, -0.25) is 9.59 Å². The van der Waals surface area contributed by atoms with Gasteiger partial charge in [0.1, 0.15) is 12.4 Å². The van der Waals surface area contributed by atoms with Crippen molar-refractivity contribution in [2.45, 2.75) is 45.4 Å². The Morgan fingerprint density at radius 3 is 2.02 bits per heavy atom. The van der Waals surface area contributed by atoms with Crippen LogP contribution in [-0.4, -0.2) is 17.0 Å². The Morgan fingerprint density at radius 2 is 1.36 bits per heavy atom. The Morgan fingerprint density at radius 1 is 0.762 bits per heavy atom. The number of aromatic nitrogens is 1. The van der Waals surface area contributed by atoms with Gasteiger partial charge in [0.05, 0.1) is 22.2 Å². The van der Waals surface area contributed by atoms with E-state index in [2.05, 4.69) is 15.6 Å². The van der Waals surface area contributed by atoms with Gasteiger partial charge in [0.2, 0.25) is 0 Å². The topological polar surface area (TPSA) is 100 Å². The number of hydrogen-bond donors (Lipinski definition) is 3. The molecular weight excluding hydrogens is 533 g/mol. The van der Waals surface area contributed by atoms with Crippen molar-refractivity contribution in [1.82, 2.24) is 15.6 Å². The number of pyridine rings is 1. The number of aromatic amines is 1. The summed E-state index contributed by atoms with van der Waals surface area (Å²) >= 11 is 0. The molecule has 0 saturated heterocycles. The molecule has 2 amide bonds. The van der Waals surface area contributed by atoms with Crippen LogP contribution in [0.25, 0.3) is 21.8 Å². The van der Waals surface area contributed by atoms with Crippen LogP contribution in [-0.2, 0) is 22.4 Å². The van der Waals surface area contributed by atoms with Crippen LogP contribution in [0.4, 0.5) is 9.18 Å². The molecule has 0 fully saturated rings. The molecule has 0 aliphatic carbocycles. The van der Waals surface area contributed by atoms with Crippen molar-refractivity contribution in [3.05, 3.63) is 129 Å². The molecule has 0 saturated carbocycles. The zero-order valence-corrected chi connectivity index (χ0v) is 23.9. The lowest BCUT2D eigenvalue weighted by Gasteiger charge is -2.30. The number of fused-ring (bicyclic) bond motifs is 2. The monoisotopic (exact) mass is 565 g/mol. The molecule has 1 heterocycles. The lowest BCUT2D eigenvalue weighted by atomic mass is 9.88. The lowest BCUT2D eigenvalue weighted by molar-refractivity contribution is 0.0907. The van der Waals surface area contributed by atoms with Gasteiger partial charge in [-0.2, -0.15) is 0 Å². The molecule has 0 unspecified atom stereocenters. The lowest BCUT2D eigenvalue weighted by Crippen LogP contribution is -2.42. The van der Waals surface area contributed by atoms with Crippen LogP contribution >= 0.6 is 0 Å². The highest BCUT2D eigenvalue weighted by Crippen LogP contribution is 2.27. The molecular formula is C34H32FN3O4. The Bertz CT molecular complexity index is 1850. The predicted octanol–water partition coefficient (Wildman–Crippen LogP) is 6.65. The highest BCUT2D eigenvalue weighted by atomic mass is 19.1. The van der Waals surface area contributed by atoms with Crippen molar-refractivity contribution in [2.24, 2.45) is 0 Å². The summed E-state index contributed by atoms with van der Waals surface area (Å²) in [6.45, 7) is 7.54. The van der Waals surface area contributed by atoms with Crippen molar-refractivity contribution in [1.29, 1.82) is 0 Å². The van der Waals surface area contributed by atoms with Crippen molar-refractivity contribution < 1.29 is 18.7 Å². The molecule has 4 aromatic carbocycles. The number of benzene rings is 4. The second-order valence-electron chi connectivity index (χ2n) is 11.3. The van der Waals surface area contributed by atoms with Crippen LogP contribution in [0.5, 0.6) is 0 Å². The number of carbonyl (C=O) groups excluding carboxylic acids is 2. The molecule has 0 radical (unpaired) electrons. The minimum atomic E-state index is -0.861. The Kier molecular flexibility index (Phi) is 7.56. The molecule has 3 N–H and O–H groups in total. The van der Waals surface area contributed by atoms with E-state index in [9.17, 15) is 14.4 Å². The quantitative estimate of drug-likeness (QED) is 0.193. The molecule has 214 valence electrons. The highest BCUT2D eigenvalue weighted by molar-refractivity contribution is 6.00. The first-order valence-electron chi connectivity index (χ1n) is 13.6. The van der Waals surface area contributed by atoms with Crippen LogP contribution in [0.15, 0.2) is 95.8 Å². The molecule has 0 aliphatic heterocycles. The Balaban J connectivity index is 1.30. The molecule has 1 aromatic heterocycles. The maximum atomic E-state index is 15.1. The number of ether oxygens (including phenoxy) is 1. The second kappa shape index (κ2) is 11.1. The number of alkyl carbamates (subject to hydrolysis) is 1. The van der Waals surface area contributed by atoms with Gasteiger partial charge in [0, 0.05) is 16.3 Å². The van der Waals surface area contributed by atoms with Gasteiger partial charge < -0.3 is 20.4 Å². The number of carbonyl (C=O) groups is 2. The maximum Gasteiger partial charge on any atom is 0.408 e. The third kappa shape index (κ3) is 5.88. The Labute approximate surface area is 242 Å². The van der Waals surface area contributed by atoms with Crippen molar-refractivity contribution in [3.63, 3.8) is 0 Å². The fraction of sp³-hybridized carbons (Fsp3) is 0.206. The van der Waals surface area contributed by atoms with E-state index in [-0.39, 0.29) is 23.0 Å². The fourth-order valence-electron chi connectivity index (χ4n) is 4.93. The number of nitrogens with one attached hydrogen (secondary N) is 3. The van der Waals surface area contributed by atoms with Crippen molar-refractivity contribution in [3.8, 4) is 0 Å². The third-order valence-electron chi connectivity index (χ3n) is 7.42. The minimum Gasteiger partial charge on any atom is -0.445 e. The summed E-state index contributed by atoms with van der Waals surface area (Å²) in [6, 6.07) is 26.3. The van der Waals surface area contributed by atoms with E-state index in [0.717, 1.165) is 22.8 Å². The fourth-order valence-corrected chi connectivity index (χ4v) is 4.93. The van der Waals surface area contributed by atoms with E-state index in [1.165, 1.54) is 6.07 Å². The molecule has 5 aromatic rings. The summed E-state index contributed by atoms with van der Waals surface area (Å²) in [4.78, 5) is 41.7. The Hall–Kier alpha value is -4.98. The number of hydrogen-bond acceptors (Lipinski definition) is 4. The van der Waals surface area contributed by atoms with Gasteiger partial charge in [-0.15, -0.1) is 0 Å². The van der Waals surface area contributed by atoms with Crippen molar-refractivity contribution >= 4 is 33.8 Å². The standard InChI is InChI=1S/C34H32FN3O4/c1-33(2,22-14-16-23(17-15-22)34(3,4)38-32(41)42-20-21-10-6-5-7-11-21)37-31(40)25-19-29-26(18-27(25)35)30(39)24-12-8-9-13-28(24)36-29/h5-19H,20H2,1-4H3,(H,36,39)(H,37,40)(H,38,41). The zero-order valence-electron chi connectivity index (χ0n) is 23.9. The summed E-state index contributed by atoms with van der Waals surface area (Å²) < 4.78 is 20.5. The zero-order chi connectivity index (χ0) is 30.1. The second-order valence-corrected chi connectivity index (χ2v) is 11.3. The van der Waals surface area contributed by atoms with Crippen LogP contribution in [0.2, 0.25) is 0 Å². The summed E-state index contributed by atoms with van der Waals surface area (Å²) in [7, 11) is 0. The summed E-state index contributed by atoms with van der Waals surface area (Å²) in [5.74, 6) is -1.39. The van der Waals surface area contributed by atoms with Crippen LogP contribution < -0.4 is 16.1 Å². The van der Waals surface area contributed by atoms with E-state index in [1.54, 1.807) is 24.3 Å². The van der Waals surface area contributed by atoms with E-state index in [4.69, 9.17) is 4.74 Å². The minimum absolute atomic E-state index is 0.167. The highest BCUT2D eigenvalue weighted by Gasteiger charge is 2.28. The molecule has 0 spiro atoms. The van der Waals surface area contributed by atoms with Gasteiger partial charge in [0.25, 0.3) is 5.91 Å². The maximum absolute atomic E-state index is 15.1. The number of halogens is 1. The van der Waals surface area contributed by atoms with Crippen LogP contribution in [0.1, 0.15) is 54.7 Å². The van der Waals surface area contributed by atoms with Gasteiger partial charge in [-0.05, 0) is 68.7 Å². The molecule has 42 heavy (non-hydrogen) atoms. The molecule has 0 aliphatic rings. The molecule has 0 atom stereocenters. The number of rotatable bonds is 7. The molecule has 0 bridgehead atoms. The van der Waals surface area contributed by atoms with E-state index in [0.29, 0.717) is 16.4 Å². The smallest absolute Gasteiger partial charge is 0.408 e. The first kappa shape index (κ1) is 28.5. The first-order valence-corrected chi connectivity index (χ1v) is 13.6. The molecule has 8 heteroatoms. The molecule has 7 nitrogen and oxygen atoms in total. The summed E-state index contributed by atoms with van der Waals surface area (Å²) in [6.07, 6.45) is -0.535. The van der Waals surface area contributed by atoms with E-state index < -0.39 is 28.9 Å². The van der Waals surface area contributed by atoms with Crippen LogP contribution in [0.3, 0.4) is 0 Å². The average Bonchev–Trinajstić information content (AvgIpc) is 2.96. The third-order valence-corrected chi connectivity index (χ3v) is 7.42. The predicted molar refractivity (Wildman–Crippen MR) is 162 cm³/mol. The number of H-pyrrole nitrogens is 1. The van der Waals surface area contributed by atoms with E-state index >= 15 is 4.39 Å². The summed E-state index contributed by atoms with van der Waals surface area (Å²) in [5, 5.41) is 6.43. The van der Waals surface area contributed by atoms with Gasteiger partial charge in [-0.1, -0.05) is 66.7 Å². The molecule has 5 rings (SSSR count). The normalized spacial score (nSPS) is 11.8.